The van der Waals surface area contributed by atoms with Crippen molar-refractivity contribution in [1.29, 1.82) is 5.26 Å². The number of nitriles is 1. The molecule has 0 aliphatic heterocycles. The van der Waals surface area contributed by atoms with Crippen LogP contribution in [0, 0.1) is 16.7 Å². The van der Waals surface area contributed by atoms with Gasteiger partial charge in [-0.1, -0.05) is 26.0 Å². The molecular weight excluding hydrogens is 281 g/mol. The SMILES string of the molecule is CCC(C#N)(CC)C(=O)NCc1ccc(C(F)(F)F)cc1. The Bertz CT molecular complexity index is 525. The number of alkyl halides is 3. The van der Waals surface area contributed by atoms with Gasteiger partial charge in [-0.05, 0) is 30.5 Å². The van der Waals surface area contributed by atoms with E-state index in [1.165, 1.54) is 12.1 Å². The quantitative estimate of drug-likeness (QED) is 0.902. The van der Waals surface area contributed by atoms with Crippen molar-refractivity contribution < 1.29 is 18.0 Å². The summed E-state index contributed by atoms with van der Waals surface area (Å²) in [7, 11) is 0. The van der Waals surface area contributed by atoms with Gasteiger partial charge in [-0.3, -0.25) is 4.79 Å². The van der Waals surface area contributed by atoms with Crippen molar-refractivity contribution >= 4 is 5.91 Å². The highest BCUT2D eigenvalue weighted by Gasteiger charge is 2.34. The third-order valence-electron chi connectivity index (χ3n) is 3.59. The minimum Gasteiger partial charge on any atom is -0.351 e. The van der Waals surface area contributed by atoms with E-state index in [2.05, 4.69) is 5.32 Å². The van der Waals surface area contributed by atoms with E-state index >= 15 is 0 Å². The van der Waals surface area contributed by atoms with Crippen LogP contribution in [0.5, 0.6) is 0 Å². The molecule has 0 atom stereocenters. The lowest BCUT2D eigenvalue weighted by molar-refractivity contribution is -0.137. The fourth-order valence-corrected chi connectivity index (χ4v) is 1.94. The number of hydrogen-bond donors (Lipinski definition) is 1. The molecule has 0 saturated carbocycles. The van der Waals surface area contributed by atoms with Crippen LogP contribution in [0.1, 0.15) is 37.8 Å². The number of carbonyl (C=O) groups excluding carboxylic acids is 1. The molecule has 0 fully saturated rings. The standard InChI is InChI=1S/C15H17F3N2O/c1-3-14(4-2,10-19)13(21)20-9-11-5-7-12(8-6-11)15(16,17)18/h5-8H,3-4,9H2,1-2H3,(H,20,21). The minimum absolute atomic E-state index is 0.0976. The Kier molecular flexibility index (Phi) is 5.36. The number of amides is 1. The van der Waals surface area contributed by atoms with Crippen LogP contribution in [0.2, 0.25) is 0 Å². The molecule has 0 spiro atoms. The number of nitrogens with one attached hydrogen (secondary N) is 1. The van der Waals surface area contributed by atoms with E-state index in [0.717, 1.165) is 12.1 Å². The maximum atomic E-state index is 12.4. The highest BCUT2D eigenvalue weighted by molar-refractivity contribution is 5.85. The number of carbonyl (C=O) groups is 1. The third-order valence-corrected chi connectivity index (χ3v) is 3.59. The molecule has 1 amide bonds. The summed E-state index contributed by atoms with van der Waals surface area (Å²) in [5, 5.41) is 11.7. The van der Waals surface area contributed by atoms with Crippen molar-refractivity contribution in [3.8, 4) is 6.07 Å². The third kappa shape index (κ3) is 3.97. The molecule has 1 aromatic rings. The Labute approximate surface area is 121 Å². The van der Waals surface area contributed by atoms with Crippen LogP contribution in [-0.2, 0) is 17.5 Å². The first-order valence-electron chi connectivity index (χ1n) is 6.64. The zero-order valence-electron chi connectivity index (χ0n) is 11.9. The van der Waals surface area contributed by atoms with Gasteiger partial charge in [-0.15, -0.1) is 0 Å². The first kappa shape index (κ1) is 17.0. The van der Waals surface area contributed by atoms with E-state index in [9.17, 15) is 18.0 Å². The Hall–Kier alpha value is -2.03. The first-order chi connectivity index (χ1) is 9.79. The second-order valence-corrected chi connectivity index (χ2v) is 4.78. The Morgan fingerprint density at radius 3 is 2.10 bits per heavy atom. The average Bonchev–Trinajstić information content (AvgIpc) is 2.47. The summed E-state index contributed by atoms with van der Waals surface area (Å²) in [5.41, 5.74) is -1.26. The second kappa shape index (κ2) is 6.61. The molecule has 1 N–H and O–H groups in total. The minimum atomic E-state index is -4.37. The van der Waals surface area contributed by atoms with E-state index in [0.29, 0.717) is 18.4 Å². The van der Waals surface area contributed by atoms with Crippen LogP contribution in [0.25, 0.3) is 0 Å². The Morgan fingerprint density at radius 1 is 1.19 bits per heavy atom. The van der Waals surface area contributed by atoms with Gasteiger partial charge in [-0.2, -0.15) is 18.4 Å². The van der Waals surface area contributed by atoms with Gasteiger partial charge >= 0.3 is 6.18 Å². The molecule has 21 heavy (non-hydrogen) atoms. The molecule has 1 aromatic carbocycles. The van der Waals surface area contributed by atoms with E-state index in [-0.39, 0.29) is 6.54 Å². The molecule has 0 bridgehead atoms. The molecule has 0 aliphatic carbocycles. The maximum Gasteiger partial charge on any atom is 0.416 e. The highest BCUT2D eigenvalue weighted by Crippen LogP contribution is 2.29. The summed E-state index contributed by atoms with van der Waals surface area (Å²) >= 11 is 0. The van der Waals surface area contributed by atoms with Gasteiger partial charge in [0.15, 0.2) is 0 Å². The largest absolute Gasteiger partial charge is 0.416 e. The molecule has 1 rings (SSSR count). The molecule has 0 heterocycles. The van der Waals surface area contributed by atoms with Crippen LogP contribution >= 0.6 is 0 Å². The molecule has 3 nitrogen and oxygen atoms in total. The fourth-order valence-electron chi connectivity index (χ4n) is 1.94. The van der Waals surface area contributed by atoms with Crippen LogP contribution in [0.4, 0.5) is 13.2 Å². The number of halogens is 3. The molecule has 6 heteroatoms. The lowest BCUT2D eigenvalue weighted by Crippen LogP contribution is -2.39. The summed E-state index contributed by atoms with van der Waals surface area (Å²) in [4.78, 5) is 12.0. The van der Waals surface area contributed by atoms with Gasteiger partial charge in [0.25, 0.3) is 0 Å². The summed E-state index contributed by atoms with van der Waals surface area (Å²) in [6, 6.07) is 6.59. The van der Waals surface area contributed by atoms with Crippen LogP contribution in [0.15, 0.2) is 24.3 Å². The van der Waals surface area contributed by atoms with Crippen molar-refractivity contribution in [2.24, 2.45) is 5.41 Å². The lowest BCUT2D eigenvalue weighted by atomic mass is 9.83. The summed E-state index contributed by atoms with van der Waals surface area (Å²) in [6.45, 7) is 3.61. The normalized spacial score (nSPS) is 11.8. The molecule has 0 unspecified atom stereocenters. The van der Waals surface area contributed by atoms with Gasteiger partial charge in [0.1, 0.15) is 5.41 Å². The predicted octanol–water partition coefficient (Wildman–Crippen LogP) is 3.65. The second-order valence-electron chi connectivity index (χ2n) is 4.78. The monoisotopic (exact) mass is 298 g/mol. The molecule has 0 aromatic heterocycles. The van der Waals surface area contributed by atoms with Gasteiger partial charge in [0, 0.05) is 6.54 Å². The van der Waals surface area contributed by atoms with Crippen molar-refractivity contribution in [3.05, 3.63) is 35.4 Å². The van der Waals surface area contributed by atoms with E-state index in [1.807, 2.05) is 6.07 Å². The first-order valence-corrected chi connectivity index (χ1v) is 6.64. The number of nitrogens with zero attached hydrogens (tertiary/aromatic N) is 1. The van der Waals surface area contributed by atoms with Gasteiger partial charge in [0.2, 0.25) is 5.91 Å². The van der Waals surface area contributed by atoms with E-state index < -0.39 is 23.1 Å². The number of rotatable bonds is 5. The molecular formula is C15H17F3N2O. The maximum absolute atomic E-state index is 12.4. The molecule has 0 saturated heterocycles. The topological polar surface area (TPSA) is 52.9 Å². The van der Waals surface area contributed by atoms with Crippen molar-refractivity contribution in [2.45, 2.75) is 39.4 Å². The Balaban J connectivity index is 2.72. The molecule has 114 valence electrons. The lowest BCUT2D eigenvalue weighted by Gasteiger charge is -2.22. The van der Waals surface area contributed by atoms with Crippen molar-refractivity contribution in [2.75, 3.05) is 0 Å². The Morgan fingerprint density at radius 2 is 1.71 bits per heavy atom. The van der Waals surface area contributed by atoms with Crippen LogP contribution in [0.3, 0.4) is 0 Å². The highest BCUT2D eigenvalue weighted by atomic mass is 19.4. The number of hydrogen-bond acceptors (Lipinski definition) is 2. The van der Waals surface area contributed by atoms with Crippen LogP contribution in [-0.4, -0.2) is 5.91 Å². The fraction of sp³-hybridized carbons (Fsp3) is 0.467. The zero-order chi connectivity index (χ0) is 16.1. The van der Waals surface area contributed by atoms with Gasteiger partial charge < -0.3 is 5.32 Å². The van der Waals surface area contributed by atoms with Gasteiger partial charge in [0.05, 0.1) is 11.6 Å². The number of benzene rings is 1. The van der Waals surface area contributed by atoms with E-state index in [1.54, 1.807) is 13.8 Å². The molecule has 0 aliphatic rings. The molecule has 0 radical (unpaired) electrons. The summed E-state index contributed by atoms with van der Waals surface area (Å²) in [6.07, 6.45) is -3.60. The van der Waals surface area contributed by atoms with E-state index in [4.69, 9.17) is 5.26 Å². The van der Waals surface area contributed by atoms with Crippen molar-refractivity contribution in [3.63, 3.8) is 0 Å². The summed E-state index contributed by atoms with van der Waals surface area (Å²) in [5.74, 6) is -0.394. The summed E-state index contributed by atoms with van der Waals surface area (Å²) < 4.78 is 37.3. The average molecular weight is 298 g/mol. The van der Waals surface area contributed by atoms with Gasteiger partial charge in [-0.25, -0.2) is 0 Å². The zero-order valence-corrected chi connectivity index (χ0v) is 11.9. The smallest absolute Gasteiger partial charge is 0.351 e. The predicted molar refractivity (Wildman–Crippen MR) is 71.9 cm³/mol. The van der Waals surface area contributed by atoms with Crippen LogP contribution < -0.4 is 5.32 Å². The van der Waals surface area contributed by atoms with Crippen molar-refractivity contribution in [1.82, 2.24) is 5.32 Å².